The number of hydrogen-bond acceptors (Lipinski definition) is 4. The summed E-state index contributed by atoms with van der Waals surface area (Å²) in [5.41, 5.74) is 2.47. The summed E-state index contributed by atoms with van der Waals surface area (Å²) in [7, 11) is 0. The number of aromatic nitrogens is 4. The highest BCUT2D eigenvalue weighted by molar-refractivity contribution is 5.95. The van der Waals surface area contributed by atoms with Gasteiger partial charge >= 0.3 is 0 Å². The molecule has 0 fully saturated rings. The lowest BCUT2D eigenvalue weighted by molar-refractivity contribution is 1.20. The molecule has 0 aliphatic heterocycles. The minimum atomic E-state index is 0.543. The van der Waals surface area contributed by atoms with Crippen LogP contribution < -0.4 is 5.32 Å². The molecule has 20 heavy (non-hydrogen) atoms. The molecule has 2 aromatic heterocycles. The Morgan fingerprint density at radius 3 is 2.85 bits per heavy atom. The molecule has 0 amide bonds. The van der Waals surface area contributed by atoms with Crippen molar-refractivity contribution >= 4 is 33.6 Å². The first-order chi connectivity index (χ1) is 9.90. The molecule has 4 aromatic rings. The first-order valence-corrected chi connectivity index (χ1v) is 6.31. The maximum absolute atomic E-state index is 4.37. The maximum Gasteiger partial charge on any atom is 0.229 e. The second-order valence-electron chi connectivity index (χ2n) is 4.49. The summed E-state index contributed by atoms with van der Waals surface area (Å²) in [6, 6.07) is 14.3. The number of imidazole rings is 1. The van der Waals surface area contributed by atoms with Gasteiger partial charge in [-0.3, -0.25) is 0 Å². The number of nitrogens with one attached hydrogen (secondary N) is 2. The van der Waals surface area contributed by atoms with Gasteiger partial charge in [0, 0.05) is 11.1 Å². The molecule has 2 heterocycles. The first-order valence-electron chi connectivity index (χ1n) is 6.31. The summed E-state index contributed by atoms with van der Waals surface area (Å²) in [5.74, 6) is 0.543. The van der Waals surface area contributed by atoms with Crippen LogP contribution in [0, 0.1) is 0 Å². The van der Waals surface area contributed by atoms with Crippen LogP contribution in [0.4, 0.5) is 11.6 Å². The molecular formula is C15H11N5. The van der Waals surface area contributed by atoms with Gasteiger partial charge in [0.1, 0.15) is 5.52 Å². The van der Waals surface area contributed by atoms with Crippen molar-refractivity contribution in [2.75, 3.05) is 5.32 Å². The van der Waals surface area contributed by atoms with Crippen molar-refractivity contribution in [3.8, 4) is 0 Å². The molecule has 0 spiro atoms. The van der Waals surface area contributed by atoms with Gasteiger partial charge in [-0.05, 0) is 11.5 Å². The van der Waals surface area contributed by atoms with Crippen LogP contribution in [-0.2, 0) is 0 Å². The Morgan fingerprint density at radius 2 is 1.85 bits per heavy atom. The van der Waals surface area contributed by atoms with E-state index in [1.165, 1.54) is 5.39 Å². The standard InChI is InChI=1S/C15H11N5/c1-2-6-11-10(4-1)5-3-7-12(11)19-15-16-8-13-14(20-15)18-9-17-13/h1-9H,(H2,16,17,18,19,20). The van der Waals surface area contributed by atoms with E-state index < -0.39 is 0 Å². The smallest absolute Gasteiger partial charge is 0.229 e. The van der Waals surface area contributed by atoms with Crippen molar-refractivity contribution in [3.05, 3.63) is 55.0 Å². The van der Waals surface area contributed by atoms with Crippen molar-refractivity contribution < 1.29 is 0 Å². The fraction of sp³-hybridized carbons (Fsp3) is 0. The molecule has 2 aromatic carbocycles. The molecule has 0 saturated heterocycles. The highest BCUT2D eigenvalue weighted by Gasteiger charge is 2.04. The summed E-state index contributed by atoms with van der Waals surface area (Å²) in [6.07, 6.45) is 3.34. The van der Waals surface area contributed by atoms with Gasteiger partial charge in [0.25, 0.3) is 0 Å². The first kappa shape index (κ1) is 10.9. The van der Waals surface area contributed by atoms with Crippen molar-refractivity contribution in [2.45, 2.75) is 0 Å². The molecule has 0 bridgehead atoms. The Balaban J connectivity index is 1.80. The van der Waals surface area contributed by atoms with Crippen molar-refractivity contribution in [1.29, 1.82) is 0 Å². The van der Waals surface area contributed by atoms with Crippen LogP contribution in [0.3, 0.4) is 0 Å². The second kappa shape index (κ2) is 4.31. The average molecular weight is 261 g/mol. The monoisotopic (exact) mass is 261 g/mol. The van der Waals surface area contributed by atoms with Crippen LogP contribution in [0.1, 0.15) is 0 Å². The Morgan fingerprint density at radius 1 is 0.950 bits per heavy atom. The number of anilines is 2. The van der Waals surface area contributed by atoms with Gasteiger partial charge < -0.3 is 10.3 Å². The van der Waals surface area contributed by atoms with Crippen molar-refractivity contribution in [2.24, 2.45) is 0 Å². The summed E-state index contributed by atoms with van der Waals surface area (Å²) in [4.78, 5) is 15.8. The summed E-state index contributed by atoms with van der Waals surface area (Å²) < 4.78 is 0. The summed E-state index contributed by atoms with van der Waals surface area (Å²) in [6.45, 7) is 0. The number of benzene rings is 2. The molecule has 0 aliphatic carbocycles. The van der Waals surface area contributed by atoms with E-state index in [0.717, 1.165) is 16.6 Å². The van der Waals surface area contributed by atoms with Crippen LogP contribution in [0.5, 0.6) is 0 Å². The van der Waals surface area contributed by atoms with E-state index in [2.05, 4.69) is 43.5 Å². The van der Waals surface area contributed by atoms with E-state index in [0.29, 0.717) is 11.6 Å². The zero-order valence-electron chi connectivity index (χ0n) is 10.5. The minimum absolute atomic E-state index is 0.543. The van der Waals surface area contributed by atoms with E-state index in [4.69, 9.17) is 0 Å². The molecule has 96 valence electrons. The highest BCUT2D eigenvalue weighted by Crippen LogP contribution is 2.25. The number of hydrogen-bond donors (Lipinski definition) is 2. The van der Waals surface area contributed by atoms with E-state index in [9.17, 15) is 0 Å². The lowest BCUT2D eigenvalue weighted by Crippen LogP contribution is -1.97. The molecule has 0 aliphatic rings. The van der Waals surface area contributed by atoms with E-state index >= 15 is 0 Å². The molecule has 4 rings (SSSR count). The van der Waals surface area contributed by atoms with E-state index in [-0.39, 0.29) is 0 Å². The number of rotatable bonds is 2. The van der Waals surface area contributed by atoms with Gasteiger partial charge in [-0.15, -0.1) is 0 Å². The molecule has 5 nitrogen and oxygen atoms in total. The Bertz CT molecular complexity index is 891. The van der Waals surface area contributed by atoms with Gasteiger partial charge in [0.15, 0.2) is 5.65 Å². The predicted octanol–water partition coefficient (Wildman–Crippen LogP) is 3.25. The van der Waals surface area contributed by atoms with Crippen LogP contribution in [0.2, 0.25) is 0 Å². The van der Waals surface area contributed by atoms with E-state index in [1.807, 2.05) is 24.3 Å². The normalized spacial score (nSPS) is 11.0. The predicted molar refractivity (Wildman–Crippen MR) is 78.9 cm³/mol. The Kier molecular flexibility index (Phi) is 2.35. The van der Waals surface area contributed by atoms with Crippen LogP contribution in [0.25, 0.3) is 21.9 Å². The highest BCUT2D eigenvalue weighted by atomic mass is 15.1. The third-order valence-corrected chi connectivity index (χ3v) is 3.21. The lowest BCUT2D eigenvalue weighted by atomic mass is 10.1. The Labute approximate surface area is 114 Å². The van der Waals surface area contributed by atoms with Gasteiger partial charge in [-0.1, -0.05) is 36.4 Å². The quantitative estimate of drug-likeness (QED) is 0.581. The lowest BCUT2D eigenvalue weighted by Gasteiger charge is -2.08. The summed E-state index contributed by atoms with van der Waals surface area (Å²) >= 11 is 0. The molecule has 0 radical (unpaired) electrons. The fourth-order valence-corrected chi connectivity index (χ4v) is 2.25. The third kappa shape index (κ3) is 1.76. The van der Waals surface area contributed by atoms with Crippen molar-refractivity contribution in [1.82, 2.24) is 19.9 Å². The zero-order chi connectivity index (χ0) is 13.4. The number of aromatic amines is 1. The van der Waals surface area contributed by atoms with Gasteiger partial charge in [-0.25, -0.2) is 9.97 Å². The molecule has 5 heteroatoms. The van der Waals surface area contributed by atoms with Crippen LogP contribution in [0.15, 0.2) is 55.0 Å². The van der Waals surface area contributed by atoms with Crippen molar-refractivity contribution in [3.63, 3.8) is 0 Å². The van der Waals surface area contributed by atoms with Crippen LogP contribution >= 0.6 is 0 Å². The SMILES string of the molecule is c1ccc2c(Nc3ncc4[nH]cnc4n3)cccc2c1. The molecule has 2 N–H and O–H groups in total. The average Bonchev–Trinajstić information content (AvgIpc) is 2.95. The molecule has 0 unspecified atom stereocenters. The fourth-order valence-electron chi connectivity index (χ4n) is 2.25. The molecule has 0 saturated carbocycles. The molecule has 0 atom stereocenters. The Hall–Kier alpha value is -2.95. The van der Waals surface area contributed by atoms with Gasteiger partial charge in [0.2, 0.25) is 5.95 Å². The number of H-pyrrole nitrogens is 1. The number of fused-ring (bicyclic) bond motifs is 2. The van der Waals surface area contributed by atoms with Gasteiger partial charge in [-0.2, -0.15) is 4.98 Å². The number of nitrogens with zero attached hydrogens (tertiary/aromatic N) is 3. The largest absolute Gasteiger partial charge is 0.342 e. The minimum Gasteiger partial charge on any atom is -0.342 e. The molecular weight excluding hydrogens is 250 g/mol. The summed E-state index contributed by atoms with van der Waals surface area (Å²) in [5, 5.41) is 5.57. The maximum atomic E-state index is 4.37. The zero-order valence-corrected chi connectivity index (χ0v) is 10.5. The second-order valence-corrected chi connectivity index (χ2v) is 4.49. The van der Waals surface area contributed by atoms with Crippen LogP contribution in [-0.4, -0.2) is 19.9 Å². The third-order valence-electron chi connectivity index (χ3n) is 3.21. The topological polar surface area (TPSA) is 66.5 Å². The van der Waals surface area contributed by atoms with E-state index in [1.54, 1.807) is 12.5 Å². The van der Waals surface area contributed by atoms with Gasteiger partial charge in [0.05, 0.1) is 12.5 Å².